The number of anilines is 1. The molecule has 2 aromatic rings. The van der Waals surface area contributed by atoms with E-state index in [9.17, 15) is 17.6 Å². The van der Waals surface area contributed by atoms with Crippen molar-refractivity contribution in [2.45, 2.75) is 4.90 Å². The molecule has 1 fully saturated rings. The Morgan fingerprint density at radius 1 is 1.13 bits per heavy atom. The fraction of sp³-hybridized carbons (Fsp3) is 0.133. The van der Waals surface area contributed by atoms with Crippen molar-refractivity contribution in [3.05, 3.63) is 48.3 Å². The summed E-state index contributed by atoms with van der Waals surface area (Å²) in [7, 11) is -3.96. The predicted molar refractivity (Wildman–Crippen MR) is 84.0 cm³/mol. The molecule has 0 bridgehead atoms. The van der Waals surface area contributed by atoms with Crippen LogP contribution < -0.4 is 15.4 Å². The molecular weight excluding hydrogens is 321 g/mol. The number of benzene rings is 2. The van der Waals surface area contributed by atoms with Gasteiger partial charge in [0.2, 0.25) is 10.0 Å². The number of halogens is 1. The number of amides is 2. The van der Waals surface area contributed by atoms with Crippen molar-refractivity contribution in [2.75, 3.05) is 18.0 Å². The van der Waals surface area contributed by atoms with Gasteiger partial charge >= 0.3 is 6.03 Å². The molecule has 1 heterocycles. The summed E-state index contributed by atoms with van der Waals surface area (Å²) in [6, 6.07) is 9.60. The number of nitrogens with two attached hydrogens (primary N) is 1. The predicted octanol–water partition coefficient (Wildman–Crippen LogP) is 1.67. The zero-order valence-corrected chi connectivity index (χ0v) is 12.8. The fourth-order valence-electron chi connectivity index (χ4n) is 2.51. The largest absolute Gasteiger partial charge is 0.336 e. The Hall–Kier alpha value is -2.45. The molecule has 0 spiro atoms. The van der Waals surface area contributed by atoms with Crippen molar-refractivity contribution in [1.82, 2.24) is 5.32 Å². The topological polar surface area (TPSA) is 92.5 Å². The van der Waals surface area contributed by atoms with Gasteiger partial charge in [0.25, 0.3) is 0 Å². The van der Waals surface area contributed by atoms with Crippen LogP contribution in [0.25, 0.3) is 11.1 Å². The minimum Gasteiger partial charge on any atom is -0.336 e. The molecule has 6 nitrogen and oxygen atoms in total. The number of carbonyl (C=O) groups excluding carboxylic acids is 1. The van der Waals surface area contributed by atoms with Crippen molar-refractivity contribution in [3.63, 3.8) is 0 Å². The lowest BCUT2D eigenvalue weighted by atomic mass is 10.0. The van der Waals surface area contributed by atoms with Gasteiger partial charge in [0.05, 0.1) is 4.90 Å². The molecular formula is C15H14FN3O3S. The normalized spacial score (nSPS) is 14.9. The van der Waals surface area contributed by atoms with Crippen LogP contribution in [-0.4, -0.2) is 27.5 Å². The molecule has 2 aromatic carbocycles. The van der Waals surface area contributed by atoms with E-state index in [4.69, 9.17) is 5.14 Å². The molecule has 23 heavy (non-hydrogen) atoms. The molecule has 8 heteroatoms. The molecule has 1 aliphatic rings. The molecule has 1 aliphatic heterocycles. The first kappa shape index (κ1) is 15.4. The van der Waals surface area contributed by atoms with Crippen molar-refractivity contribution in [2.24, 2.45) is 5.14 Å². The zero-order chi connectivity index (χ0) is 16.6. The highest BCUT2D eigenvalue weighted by Gasteiger charge is 2.23. The maximum atomic E-state index is 13.1. The Balaban J connectivity index is 2.16. The van der Waals surface area contributed by atoms with E-state index < -0.39 is 15.8 Å². The standard InChI is InChI=1S/C15H14FN3O3S/c16-11-3-1-10(2-4-11)13-9-12(19-8-7-18-15(19)20)5-6-14(13)23(17,21)22/h1-6,9H,7-8H2,(H,18,20)(H2,17,21,22). The van der Waals surface area contributed by atoms with Gasteiger partial charge in [-0.3, -0.25) is 4.90 Å². The van der Waals surface area contributed by atoms with Crippen LogP contribution in [0.2, 0.25) is 0 Å². The van der Waals surface area contributed by atoms with E-state index in [1.54, 1.807) is 6.07 Å². The molecule has 120 valence electrons. The molecule has 0 aromatic heterocycles. The second-order valence-electron chi connectivity index (χ2n) is 5.12. The monoisotopic (exact) mass is 335 g/mol. The van der Waals surface area contributed by atoms with Crippen LogP contribution in [-0.2, 0) is 10.0 Å². The molecule has 0 atom stereocenters. The lowest BCUT2D eigenvalue weighted by molar-refractivity contribution is 0.252. The third-order valence-corrected chi connectivity index (χ3v) is 4.56. The number of rotatable bonds is 3. The van der Waals surface area contributed by atoms with Gasteiger partial charge in [-0.15, -0.1) is 0 Å². The van der Waals surface area contributed by atoms with Crippen LogP contribution in [0.1, 0.15) is 0 Å². The minimum atomic E-state index is -3.96. The van der Waals surface area contributed by atoms with Crippen molar-refractivity contribution >= 4 is 21.7 Å². The summed E-state index contributed by atoms with van der Waals surface area (Å²) in [5, 5.41) is 7.94. The number of nitrogens with one attached hydrogen (secondary N) is 1. The minimum absolute atomic E-state index is 0.0764. The van der Waals surface area contributed by atoms with Crippen LogP contribution in [0.3, 0.4) is 0 Å². The van der Waals surface area contributed by atoms with Crippen LogP contribution in [0.4, 0.5) is 14.9 Å². The summed E-state index contributed by atoms with van der Waals surface area (Å²) in [6.07, 6.45) is 0. The average molecular weight is 335 g/mol. The molecule has 1 saturated heterocycles. The first-order chi connectivity index (χ1) is 10.9. The highest BCUT2D eigenvalue weighted by molar-refractivity contribution is 7.89. The lowest BCUT2D eigenvalue weighted by Gasteiger charge is -2.17. The number of sulfonamides is 1. The lowest BCUT2D eigenvalue weighted by Crippen LogP contribution is -2.27. The van der Waals surface area contributed by atoms with E-state index in [1.165, 1.54) is 41.3 Å². The maximum absolute atomic E-state index is 13.1. The molecule has 2 amide bonds. The molecule has 0 aliphatic carbocycles. The summed E-state index contributed by atoms with van der Waals surface area (Å²) >= 11 is 0. The Morgan fingerprint density at radius 3 is 2.39 bits per heavy atom. The van der Waals surface area contributed by atoms with E-state index in [2.05, 4.69) is 5.32 Å². The third kappa shape index (κ3) is 3.03. The van der Waals surface area contributed by atoms with Crippen LogP contribution >= 0.6 is 0 Å². The van der Waals surface area contributed by atoms with Crippen LogP contribution in [0.15, 0.2) is 47.4 Å². The summed E-state index contributed by atoms with van der Waals surface area (Å²) in [6.45, 7) is 0.998. The van der Waals surface area contributed by atoms with Gasteiger partial charge in [-0.2, -0.15) is 0 Å². The van der Waals surface area contributed by atoms with Gasteiger partial charge in [-0.1, -0.05) is 12.1 Å². The highest BCUT2D eigenvalue weighted by atomic mass is 32.2. The Morgan fingerprint density at radius 2 is 1.83 bits per heavy atom. The summed E-state index contributed by atoms with van der Waals surface area (Å²) in [4.78, 5) is 13.2. The Kier molecular flexibility index (Phi) is 3.78. The van der Waals surface area contributed by atoms with Gasteiger partial charge in [0.15, 0.2) is 0 Å². The second kappa shape index (κ2) is 5.64. The Bertz CT molecular complexity index is 866. The number of hydrogen-bond donors (Lipinski definition) is 2. The molecule has 0 saturated carbocycles. The fourth-order valence-corrected chi connectivity index (χ4v) is 3.25. The zero-order valence-electron chi connectivity index (χ0n) is 12.0. The first-order valence-electron chi connectivity index (χ1n) is 6.84. The number of urea groups is 1. The summed E-state index contributed by atoms with van der Waals surface area (Å²) in [5.41, 5.74) is 1.37. The van der Waals surface area contributed by atoms with E-state index in [-0.39, 0.29) is 10.9 Å². The smallest absolute Gasteiger partial charge is 0.321 e. The summed E-state index contributed by atoms with van der Waals surface area (Å²) in [5.74, 6) is -0.430. The van der Waals surface area contributed by atoms with Gasteiger partial charge in [-0.05, 0) is 35.9 Å². The van der Waals surface area contributed by atoms with Crippen LogP contribution in [0, 0.1) is 5.82 Å². The summed E-state index contributed by atoms with van der Waals surface area (Å²) < 4.78 is 36.7. The van der Waals surface area contributed by atoms with Gasteiger partial charge in [-0.25, -0.2) is 22.7 Å². The molecule has 0 unspecified atom stereocenters. The first-order valence-corrected chi connectivity index (χ1v) is 8.39. The molecule has 3 N–H and O–H groups in total. The van der Waals surface area contributed by atoms with Crippen LogP contribution in [0.5, 0.6) is 0 Å². The number of primary sulfonamides is 1. The van der Waals surface area contributed by atoms with Crippen molar-refractivity contribution in [1.29, 1.82) is 0 Å². The number of nitrogens with zero attached hydrogens (tertiary/aromatic N) is 1. The maximum Gasteiger partial charge on any atom is 0.321 e. The van der Waals surface area contributed by atoms with E-state index in [0.717, 1.165) is 0 Å². The third-order valence-electron chi connectivity index (χ3n) is 3.59. The van der Waals surface area contributed by atoms with Gasteiger partial charge < -0.3 is 5.32 Å². The van der Waals surface area contributed by atoms with Gasteiger partial charge in [0, 0.05) is 24.3 Å². The molecule has 3 rings (SSSR count). The second-order valence-corrected chi connectivity index (χ2v) is 6.65. The quantitative estimate of drug-likeness (QED) is 0.893. The van der Waals surface area contributed by atoms with Crippen molar-refractivity contribution in [3.8, 4) is 11.1 Å². The van der Waals surface area contributed by atoms with E-state index in [0.29, 0.717) is 29.9 Å². The SMILES string of the molecule is NS(=O)(=O)c1ccc(N2CCNC2=O)cc1-c1ccc(F)cc1. The van der Waals surface area contributed by atoms with E-state index in [1.807, 2.05) is 0 Å². The average Bonchev–Trinajstić information content (AvgIpc) is 2.93. The molecule has 0 radical (unpaired) electrons. The van der Waals surface area contributed by atoms with Crippen molar-refractivity contribution < 1.29 is 17.6 Å². The van der Waals surface area contributed by atoms with Gasteiger partial charge in [0.1, 0.15) is 5.82 Å². The number of hydrogen-bond acceptors (Lipinski definition) is 3. The highest BCUT2D eigenvalue weighted by Crippen LogP contribution is 2.31. The number of carbonyl (C=O) groups is 1. The van der Waals surface area contributed by atoms with E-state index >= 15 is 0 Å². The Labute approximate surface area is 132 Å².